The van der Waals surface area contributed by atoms with Gasteiger partial charge in [-0.25, -0.2) is 4.68 Å². The van der Waals surface area contributed by atoms with Gasteiger partial charge < -0.3 is 5.11 Å². The lowest BCUT2D eigenvalue weighted by Crippen LogP contribution is -2.37. The van der Waals surface area contributed by atoms with E-state index >= 15 is 0 Å². The summed E-state index contributed by atoms with van der Waals surface area (Å²) in [6.45, 7) is 2.48. The average Bonchev–Trinajstić information content (AvgIpc) is 2.84. The van der Waals surface area contributed by atoms with Gasteiger partial charge in [-0.05, 0) is 25.1 Å². The first kappa shape index (κ1) is 13.5. The third kappa shape index (κ3) is 2.98. The van der Waals surface area contributed by atoms with E-state index in [1.807, 2.05) is 35.0 Å². The van der Waals surface area contributed by atoms with E-state index in [0.717, 1.165) is 37.3 Å². The molecule has 0 radical (unpaired) electrons. The van der Waals surface area contributed by atoms with E-state index in [4.69, 9.17) is 12.2 Å². The van der Waals surface area contributed by atoms with Crippen molar-refractivity contribution in [1.29, 1.82) is 0 Å². The van der Waals surface area contributed by atoms with E-state index < -0.39 is 0 Å². The highest BCUT2D eigenvalue weighted by Crippen LogP contribution is 2.15. The van der Waals surface area contributed by atoms with Crippen molar-refractivity contribution < 1.29 is 5.11 Å². The molecule has 20 heavy (non-hydrogen) atoms. The summed E-state index contributed by atoms with van der Waals surface area (Å²) < 4.78 is 2.45. The molecule has 0 amide bonds. The summed E-state index contributed by atoms with van der Waals surface area (Å²) in [5.74, 6) is 0.799. The van der Waals surface area contributed by atoms with Crippen molar-refractivity contribution in [2.45, 2.75) is 25.6 Å². The highest BCUT2D eigenvalue weighted by atomic mass is 32.1. The lowest BCUT2D eigenvalue weighted by molar-refractivity contribution is 0.0651. The van der Waals surface area contributed by atoms with Crippen LogP contribution in [0.2, 0.25) is 0 Å². The quantitative estimate of drug-likeness (QED) is 0.849. The van der Waals surface area contributed by atoms with Crippen molar-refractivity contribution in [3.63, 3.8) is 0 Å². The maximum Gasteiger partial charge on any atom is 0.217 e. The van der Waals surface area contributed by atoms with E-state index in [2.05, 4.69) is 15.0 Å². The summed E-state index contributed by atoms with van der Waals surface area (Å²) in [5, 5.41) is 12.8. The Morgan fingerprint density at radius 2 is 1.95 bits per heavy atom. The zero-order valence-corrected chi connectivity index (χ0v) is 12.0. The van der Waals surface area contributed by atoms with Crippen LogP contribution in [-0.4, -0.2) is 44.0 Å². The third-order valence-corrected chi connectivity index (χ3v) is 3.94. The van der Waals surface area contributed by atoms with Crippen LogP contribution in [-0.2, 0) is 6.67 Å². The van der Waals surface area contributed by atoms with E-state index in [1.165, 1.54) is 0 Å². The molecule has 1 aliphatic rings. The van der Waals surface area contributed by atoms with Gasteiger partial charge in [-0.15, -0.1) is 0 Å². The Balaban J connectivity index is 1.75. The maximum absolute atomic E-state index is 9.53. The van der Waals surface area contributed by atoms with Gasteiger partial charge in [0.2, 0.25) is 4.77 Å². The molecule has 6 heteroatoms. The van der Waals surface area contributed by atoms with Gasteiger partial charge in [-0.2, -0.15) is 4.98 Å². The molecule has 5 nitrogen and oxygen atoms in total. The summed E-state index contributed by atoms with van der Waals surface area (Å²) >= 11 is 5.31. The van der Waals surface area contributed by atoms with Gasteiger partial charge in [-0.1, -0.05) is 30.3 Å². The number of hydrogen-bond donors (Lipinski definition) is 2. The number of piperidine rings is 1. The first-order valence-electron chi connectivity index (χ1n) is 6.85. The van der Waals surface area contributed by atoms with Crippen LogP contribution in [0.3, 0.4) is 0 Å². The second kappa shape index (κ2) is 5.87. The first-order valence-corrected chi connectivity index (χ1v) is 7.26. The molecule has 1 fully saturated rings. The number of hydrogen-bond acceptors (Lipinski definition) is 4. The Labute approximate surface area is 122 Å². The number of likely N-dealkylation sites (tertiary alicyclic amines) is 1. The lowest BCUT2D eigenvalue weighted by atomic mass is 10.1. The third-order valence-electron chi connectivity index (χ3n) is 3.62. The summed E-state index contributed by atoms with van der Waals surface area (Å²) in [6.07, 6.45) is 1.50. The predicted octanol–water partition coefficient (Wildman–Crippen LogP) is 2.02. The zero-order valence-electron chi connectivity index (χ0n) is 11.2. The molecule has 2 aromatic rings. The van der Waals surface area contributed by atoms with Gasteiger partial charge in [0, 0.05) is 18.7 Å². The van der Waals surface area contributed by atoms with Gasteiger partial charge in [0.1, 0.15) is 0 Å². The van der Waals surface area contributed by atoms with E-state index in [-0.39, 0.29) is 6.10 Å². The van der Waals surface area contributed by atoms with Crippen molar-refractivity contribution >= 4 is 12.2 Å². The molecule has 0 unspecified atom stereocenters. The largest absolute Gasteiger partial charge is 0.393 e. The predicted molar refractivity (Wildman–Crippen MR) is 79.7 cm³/mol. The molecule has 0 atom stereocenters. The number of rotatable bonds is 3. The lowest BCUT2D eigenvalue weighted by Gasteiger charge is -2.29. The van der Waals surface area contributed by atoms with Crippen molar-refractivity contribution in [3.05, 3.63) is 35.1 Å². The van der Waals surface area contributed by atoms with E-state index in [9.17, 15) is 5.11 Å². The maximum atomic E-state index is 9.53. The van der Waals surface area contributed by atoms with Crippen LogP contribution >= 0.6 is 12.2 Å². The van der Waals surface area contributed by atoms with Crippen LogP contribution in [0, 0.1) is 4.77 Å². The number of H-pyrrole nitrogens is 1. The second-order valence-electron chi connectivity index (χ2n) is 5.14. The number of nitrogens with zero attached hydrogens (tertiary/aromatic N) is 3. The second-order valence-corrected chi connectivity index (χ2v) is 5.50. The minimum atomic E-state index is -0.152. The van der Waals surface area contributed by atoms with E-state index in [0.29, 0.717) is 11.4 Å². The van der Waals surface area contributed by atoms with Crippen LogP contribution in [0.25, 0.3) is 11.4 Å². The zero-order chi connectivity index (χ0) is 13.9. The van der Waals surface area contributed by atoms with Crippen LogP contribution in [0.4, 0.5) is 0 Å². The molecular formula is C14H18N4OS. The van der Waals surface area contributed by atoms with E-state index in [1.54, 1.807) is 0 Å². The molecule has 2 N–H and O–H groups in total. The normalized spacial score (nSPS) is 17.4. The summed E-state index contributed by atoms with van der Waals surface area (Å²) in [7, 11) is 0. The number of benzene rings is 1. The minimum absolute atomic E-state index is 0.152. The van der Waals surface area contributed by atoms with Crippen molar-refractivity contribution in [2.24, 2.45) is 0 Å². The van der Waals surface area contributed by atoms with Gasteiger partial charge in [-0.3, -0.25) is 10.00 Å². The molecule has 1 saturated heterocycles. The van der Waals surface area contributed by atoms with Crippen LogP contribution in [0.1, 0.15) is 12.8 Å². The van der Waals surface area contributed by atoms with Crippen LogP contribution in [0.5, 0.6) is 0 Å². The molecule has 3 rings (SSSR count). The molecule has 1 aromatic carbocycles. The number of aromatic nitrogens is 3. The van der Waals surface area contributed by atoms with Crippen LogP contribution in [0.15, 0.2) is 30.3 Å². The van der Waals surface area contributed by atoms with Gasteiger partial charge in [0.25, 0.3) is 0 Å². The number of aliphatic hydroxyl groups excluding tert-OH is 1. The van der Waals surface area contributed by atoms with Crippen LogP contribution < -0.4 is 0 Å². The summed E-state index contributed by atoms with van der Waals surface area (Å²) in [5.41, 5.74) is 1.03. The average molecular weight is 290 g/mol. The SMILES string of the molecule is OC1CCN(Cn2[nH]c(-c3ccccc3)nc2=S)CC1. The Kier molecular flexibility index (Phi) is 3.95. The number of aromatic amines is 1. The molecule has 0 bridgehead atoms. The minimum Gasteiger partial charge on any atom is -0.393 e. The molecule has 0 saturated carbocycles. The van der Waals surface area contributed by atoms with Crippen molar-refractivity contribution in [1.82, 2.24) is 19.7 Å². The molecule has 106 valence electrons. The van der Waals surface area contributed by atoms with Gasteiger partial charge in [0.15, 0.2) is 5.82 Å². The Morgan fingerprint density at radius 1 is 1.25 bits per heavy atom. The fourth-order valence-corrected chi connectivity index (χ4v) is 2.63. The Hall–Kier alpha value is -1.50. The monoisotopic (exact) mass is 290 g/mol. The molecule has 1 aliphatic heterocycles. The summed E-state index contributed by atoms with van der Waals surface area (Å²) in [4.78, 5) is 6.68. The fourth-order valence-electron chi connectivity index (χ4n) is 2.44. The molecule has 1 aromatic heterocycles. The standard InChI is InChI=1S/C14H18N4OS/c19-12-6-8-17(9-7-12)10-18-14(20)15-13(16-18)11-4-2-1-3-5-11/h1-5,12,19H,6-10H2,(H,15,16,20). The number of aliphatic hydroxyl groups is 1. The van der Waals surface area contributed by atoms with Gasteiger partial charge in [0.05, 0.1) is 12.8 Å². The smallest absolute Gasteiger partial charge is 0.217 e. The Morgan fingerprint density at radius 3 is 2.65 bits per heavy atom. The molecule has 0 spiro atoms. The molecular weight excluding hydrogens is 272 g/mol. The topological polar surface area (TPSA) is 57.1 Å². The molecule has 0 aliphatic carbocycles. The summed E-state index contributed by atoms with van der Waals surface area (Å²) in [6, 6.07) is 9.97. The van der Waals surface area contributed by atoms with Crippen molar-refractivity contribution in [3.8, 4) is 11.4 Å². The highest BCUT2D eigenvalue weighted by molar-refractivity contribution is 7.71. The molecule has 2 heterocycles. The van der Waals surface area contributed by atoms with Gasteiger partial charge >= 0.3 is 0 Å². The fraction of sp³-hybridized carbons (Fsp3) is 0.429. The number of nitrogens with one attached hydrogen (secondary N) is 1. The highest BCUT2D eigenvalue weighted by Gasteiger charge is 2.17. The Bertz CT molecular complexity index is 614. The van der Waals surface area contributed by atoms with Crippen molar-refractivity contribution in [2.75, 3.05) is 13.1 Å². The first-order chi connectivity index (χ1) is 9.72.